The number of likely N-dealkylation sites (N-methyl/N-ethyl adjacent to an activating group) is 1. The highest BCUT2D eigenvalue weighted by Crippen LogP contribution is 2.03. The molecule has 0 aromatic carbocycles. The number of hydrogen-bond acceptors (Lipinski definition) is 18. The monoisotopic (exact) mass is 2100 g/mol. The van der Waals surface area contributed by atoms with Crippen molar-refractivity contribution in [2.75, 3.05) is 20.6 Å². The number of nitrogens with one attached hydrogen (secondary N) is 12. The highest BCUT2D eigenvalue weighted by Gasteiger charge is 2.09. The van der Waals surface area contributed by atoms with Gasteiger partial charge in [-0.3, -0.25) is 71.9 Å². The molecular weight excluding hydrogens is 1910 g/mol. The van der Waals surface area contributed by atoms with Gasteiger partial charge in [0.15, 0.2) is 17.3 Å². The average Bonchev–Trinajstić information content (AvgIpc) is 0.937. The van der Waals surface area contributed by atoms with E-state index in [1.54, 1.807) is 84.9 Å². The summed E-state index contributed by atoms with van der Waals surface area (Å²) in [6.07, 6.45) is 22.8. The van der Waals surface area contributed by atoms with Gasteiger partial charge in [-0.15, -0.1) is 6.42 Å². The van der Waals surface area contributed by atoms with Crippen LogP contribution in [0.15, 0.2) is 158 Å². The van der Waals surface area contributed by atoms with Crippen molar-refractivity contribution in [3.05, 3.63) is 158 Å². The fourth-order valence-electron chi connectivity index (χ4n) is 7.15. The minimum absolute atomic E-state index is 0.00463. The van der Waals surface area contributed by atoms with Gasteiger partial charge < -0.3 is 63.4 Å². The summed E-state index contributed by atoms with van der Waals surface area (Å²) < 4.78 is 92.7. The number of Topliss-reactive ketones (excluding diaryl/α,β-unsaturated/α-hetero) is 1. The van der Waals surface area contributed by atoms with Gasteiger partial charge in [0.1, 0.15) is 11.7 Å². The van der Waals surface area contributed by atoms with Crippen LogP contribution in [0.25, 0.3) is 0 Å². The molecule has 0 rings (SSSR count). The minimum atomic E-state index is -3.20. The van der Waals surface area contributed by atoms with E-state index >= 15 is 0 Å². The van der Waals surface area contributed by atoms with Gasteiger partial charge in [-0.1, -0.05) is 117 Å². The molecule has 0 bridgehead atoms. The van der Waals surface area contributed by atoms with E-state index in [-0.39, 0.29) is 173 Å². The van der Waals surface area contributed by atoms with Gasteiger partial charge in [-0.05, 0) is 296 Å². The van der Waals surface area contributed by atoms with E-state index in [2.05, 4.69) is 113 Å². The van der Waals surface area contributed by atoms with Crippen molar-refractivity contribution in [3.8, 4) is 36.0 Å². The fraction of sp³-hybridized carbons (Fsp3) is 0.569. The number of ketones is 4. The molecule has 0 aliphatic heterocycles. The third-order valence-corrected chi connectivity index (χ3v) is 13.5. The van der Waals surface area contributed by atoms with Gasteiger partial charge in [0.2, 0.25) is 69.0 Å². The van der Waals surface area contributed by atoms with Crippen molar-refractivity contribution in [3.63, 3.8) is 0 Å². The molecule has 0 unspecified atom stereocenters. The van der Waals surface area contributed by atoms with Crippen molar-refractivity contribution in [2.45, 2.75) is 369 Å². The molecule has 30 nitrogen and oxygen atoms in total. The number of sulfonamides is 1. The number of rotatable bonds is 34. The molecule has 0 aliphatic rings. The number of halogens is 6. The molecule has 0 aliphatic carbocycles. The Labute approximate surface area is 876 Å². The quantitative estimate of drug-likeness (QED) is 0.0123. The lowest BCUT2D eigenvalue weighted by Gasteiger charge is -2.06. The number of carbonyl (C=O) groups excluding carboxylic acids is 15. The van der Waals surface area contributed by atoms with Crippen LogP contribution in [0, 0.1) is 59.7 Å². The van der Waals surface area contributed by atoms with Crippen molar-refractivity contribution in [2.24, 2.45) is 23.7 Å². The van der Waals surface area contributed by atoms with Crippen LogP contribution < -0.4 is 63.2 Å². The van der Waals surface area contributed by atoms with E-state index in [0.717, 1.165) is 41.8 Å². The third-order valence-electron chi connectivity index (χ3n) is 12.2. The molecule has 0 aromatic heterocycles. The van der Waals surface area contributed by atoms with Gasteiger partial charge >= 0.3 is 0 Å². The Hall–Kier alpha value is -12.4. The number of allylic oxidation sites excluding steroid dienone is 8. The summed E-state index contributed by atoms with van der Waals surface area (Å²) in [6.45, 7) is 88.9. The molecule has 0 fully saturated rings. The van der Waals surface area contributed by atoms with E-state index in [4.69, 9.17) is 6.42 Å². The van der Waals surface area contributed by atoms with Crippen molar-refractivity contribution < 1.29 is 107 Å². The summed E-state index contributed by atoms with van der Waals surface area (Å²) in [5, 5.41) is 29.2. The van der Waals surface area contributed by atoms with E-state index in [1.807, 2.05) is 253 Å². The molecule has 146 heavy (non-hydrogen) atoms. The Morgan fingerprint density at radius 2 is 0.658 bits per heavy atom. The van der Waals surface area contributed by atoms with E-state index in [0.29, 0.717) is 30.3 Å². The molecule has 0 heterocycles. The molecule has 0 atom stereocenters. The first-order valence-corrected chi connectivity index (χ1v) is 49.0. The van der Waals surface area contributed by atoms with Crippen molar-refractivity contribution in [1.82, 2.24) is 68.1 Å². The number of amides is 11. The van der Waals surface area contributed by atoms with Gasteiger partial charge in [0.05, 0.1) is 18.7 Å². The van der Waals surface area contributed by atoms with Gasteiger partial charge in [0, 0.05) is 151 Å². The van der Waals surface area contributed by atoms with Crippen LogP contribution in [0.5, 0.6) is 0 Å². The third kappa shape index (κ3) is 201. The van der Waals surface area contributed by atoms with Gasteiger partial charge in [-0.25, -0.2) is 30.7 Å². The Morgan fingerprint density at radius 1 is 0.370 bits per heavy atom. The number of hydrogen-bond donors (Lipinski definition) is 12. The normalized spacial score (nSPS) is 10.1. The zero-order valence-corrected chi connectivity index (χ0v) is 97.0. The van der Waals surface area contributed by atoms with Crippen molar-refractivity contribution in [1.29, 1.82) is 0 Å². The molecule has 840 valence electrons. The molecule has 0 radical (unpaired) electrons. The maximum Gasteiger partial charge on any atom is 0.296 e. The second kappa shape index (κ2) is 115. The van der Waals surface area contributed by atoms with Crippen LogP contribution in [-0.4, -0.2) is 195 Å². The summed E-state index contributed by atoms with van der Waals surface area (Å²) in [4.78, 5) is 161. The summed E-state index contributed by atoms with van der Waals surface area (Å²) >= 11 is 0. The smallest absolute Gasteiger partial charge is 0.296 e. The van der Waals surface area contributed by atoms with E-state index < -0.39 is 45.5 Å². The molecule has 37 heteroatoms. The molecular formula is C109H189F6N13O17S. The number of nitrogens with zero attached hydrogens (tertiary/aromatic N) is 1. The van der Waals surface area contributed by atoms with Crippen LogP contribution in [0.4, 0.5) is 26.3 Å². The lowest BCUT2D eigenvalue weighted by Crippen LogP contribution is -2.30. The summed E-state index contributed by atoms with van der Waals surface area (Å²) in [5.74, 6) is 9.55. The molecule has 11 amide bonds. The van der Waals surface area contributed by atoms with Gasteiger partial charge in [0.25, 0.3) is 17.9 Å². The second-order valence-electron chi connectivity index (χ2n) is 35.8. The Kier molecular flexibility index (Phi) is 133. The van der Waals surface area contributed by atoms with E-state index in [1.165, 1.54) is 26.0 Å². The predicted octanol–water partition coefficient (Wildman–Crippen LogP) is 18.1. The van der Waals surface area contributed by atoms with Gasteiger partial charge in [-0.2, -0.15) is 8.78 Å². The van der Waals surface area contributed by atoms with Crippen molar-refractivity contribution >= 4 is 98.1 Å². The van der Waals surface area contributed by atoms with E-state index in [9.17, 15) is 107 Å². The standard InChI is InChI=1S/C9H18N2O.C8H15NO.2C8H14O.2C7H12FNO.C7H13NO.C7H11NO.C7H10O.C6H9F2NO.2C6H10FNO.C6H11NO.C6H9NO.C6H10O.C5H11NO2S/c1-8(2)10-9(12)6-5-7-11(3)4;1-6(2)5-8(10)9-7(3)4;2*1-4-5-8(9)6-7(2)3;2*1-5(2)9-7(10)4-6(3)8;1-5(2)7(9)8-6(3)4;1-4-5-7(9)8-6(2)3;1-4-5-7(8)6(2)3;1-4(2)9-6(10)3-5(7)8;2*1-5(2)8-6(9)3-4-7;2*1-4-6(8)7-5(2)3;1-4-6(7)5(2)3;1-4-9(7,8)6-5(2)3/h5-6,8H,7H2,1-4H3,(H,10,12);5,7H,1-4H3,(H,9,10);2*4-5,7H,6H2,1-3H3;2*4-5H,1-3H3,(H,9,10);6H,1H2,2-4H3,(H,8,9);6H,1-3H3,(H,8,9);6H,1-3H3;3-4H,1-2H3,(H,9,10);2*3-5H,1-2H3,(H,8,9);4-5H,1H2,2-3H3,(H,7,8);1,5H,2-3H3,(H,7,8);4-5H,1H2,2-3H3;4-6H,1H2,2-3H3/b6-5+;;5-4+;5-4-;6-4+;6-4-;;;;;4-3+;4-3-;;;;. The maximum absolute atomic E-state index is 12.0. The van der Waals surface area contributed by atoms with Crippen LogP contribution in [0.2, 0.25) is 0 Å². The zero-order chi connectivity index (χ0) is 119. The highest BCUT2D eigenvalue weighted by atomic mass is 32.2. The first-order chi connectivity index (χ1) is 66.6. The SMILES string of the molecule is C#CC(=O)NC(C)C.C/C(F)=C/C(=O)NC(C)C.C/C(F)=C\C(=O)NC(C)C.C/C=C/C(=O)CC(C)C.C/C=C\C(=O)CC(C)C.C=C(C)C(=O)NC(C)C.C=CC(=O)C(C)C.C=CC(=O)NC(C)C.C=CS(=O)(=O)NC(C)C.CC#CC(=O)C(C)C.CC#CC(=O)NC(C)C.CC(C)=CC(=O)NC(C)C.CC(C)NC(=O)/C=C/CN(C)C.CC(C)NC(=O)/C=C/F.CC(C)NC(=O)/C=C\F.CC(C)NC(=O)C=C(F)F. The molecule has 12 N–H and O–H groups in total. The average molecular weight is 2100 g/mol. The minimum Gasteiger partial charge on any atom is -0.350 e. The second-order valence-corrected chi connectivity index (χ2v) is 37.5. The maximum atomic E-state index is 12.0. The summed E-state index contributed by atoms with van der Waals surface area (Å²) in [7, 11) is 0.721. The Bertz CT molecular complexity index is 3990. The van der Waals surface area contributed by atoms with Crippen LogP contribution >= 0.6 is 0 Å². The lowest BCUT2D eigenvalue weighted by atomic mass is 10.1. The zero-order valence-electron chi connectivity index (χ0n) is 96.1. The summed E-state index contributed by atoms with van der Waals surface area (Å²) in [5.41, 5.74) is 1.59. The fourth-order valence-corrected chi connectivity index (χ4v) is 7.90. The predicted molar refractivity (Wildman–Crippen MR) is 590 cm³/mol. The largest absolute Gasteiger partial charge is 0.350 e. The van der Waals surface area contributed by atoms with Crippen LogP contribution in [0.3, 0.4) is 0 Å². The Morgan fingerprint density at radius 3 is 0.829 bits per heavy atom. The number of terminal acetylenes is 1. The topological polar surface area (TPSA) is 438 Å². The summed E-state index contributed by atoms with van der Waals surface area (Å²) in [6, 6.07) is 1.24. The van der Waals surface area contributed by atoms with Crippen LogP contribution in [-0.2, 0) is 81.9 Å². The first kappa shape index (κ1) is 170. The van der Waals surface area contributed by atoms with Crippen LogP contribution in [0.1, 0.15) is 297 Å². The molecule has 0 aromatic rings. The lowest BCUT2D eigenvalue weighted by molar-refractivity contribution is -0.118. The number of carbonyl (C=O) groups is 15. The Balaban J connectivity index is -0.0000000883. The molecule has 0 saturated heterocycles. The molecule has 0 saturated carbocycles. The molecule has 0 spiro atoms. The highest BCUT2D eigenvalue weighted by molar-refractivity contribution is 7.92. The first-order valence-electron chi connectivity index (χ1n) is 47.5.